The lowest BCUT2D eigenvalue weighted by Crippen LogP contribution is -2.43. The van der Waals surface area contributed by atoms with E-state index in [0.29, 0.717) is 6.42 Å². The summed E-state index contributed by atoms with van der Waals surface area (Å²) >= 11 is 0. The van der Waals surface area contributed by atoms with E-state index in [-0.39, 0.29) is 0 Å². The lowest BCUT2D eigenvalue weighted by Gasteiger charge is -2.29. The van der Waals surface area contributed by atoms with E-state index >= 15 is 0 Å². The normalized spacial score (nSPS) is 14.8. The second-order valence-corrected chi connectivity index (χ2v) is 7.99. The van der Waals surface area contributed by atoms with Crippen molar-refractivity contribution < 1.29 is 9.90 Å². The lowest BCUT2D eigenvalue weighted by molar-refractivity contribution is -0.138. The summed E-state index contributed by atoms with van der Waals surface area (Å²) in [6.07, 6.45) is 0.460. The number of benzene rings is 3. The Labute approximate surface area is 183 Å². The number of carboxylic acid groups (broad SMARTS) is 1. The van der Waals surface area contributed by atoms with Gasteiger partial charge in [0.15, 0.2) is 0 Å². The summed E-state index contributed by atoms with van der Waals surface area (Å²) in [6, 6.07) is 25.9. The molecule has 1 saturated heterocycles. The molecule has 1 aliphatic rings. The first-order valence-electron chi connectivity index (χ1n) is 10.8. The molecule has 0 unspecified atom stereocenters. The number of carbonyl (C=O) groups is 1. The number of nitrogens with one attached hydrogen (secondary N) is 1. The topological polar surface area (TPSA) is 55.8 Å². The van der Waals surface area contributed by atoms with E-state index in [1.54, 1.807) is 0 Å². The van der Waals surface area contributed by atoms with Gasteiger partial charge in [-0.2, -0.15) is 0 Å². The van der Waals surface area contributed by atoms with Gasteiger partial charge in [0.05, 0.1) is 0 Å². The Morgan fingerprint density at radius 1 is 0.935 bits per heavy atom. The number of hydrogen-bond acceptors (Lipinski definition) is 4. The van der Waals surface area contributed by atoms with Gasteiger partial charge in [-0.1, -0.05) is 54.6 Å². The van der Waals surface area contributed by atoms with Crippen LogP contribution in [0.3, 0.4) is 0 Å². The van der Waals surface area contributed by atoms with Crippen LogP contribution in [-0.4, -0.2) is 50.3 Å². The number of piperazine rings is 1. The van der Waals surface area contributed by atoms with E-state index in [9.17, 15) is 9.90 Å². The highest BCUT2D eigenvalue weighted by Crippen LogP contribution is 2.26. The Morgan fingerprint density at radius 3 is 2.10 bits per heavy atom. The van der Waals surface area contributed by atoms with Crippen molar-refractivity contribution in [2.45, 2.75) is 12.5 Å². The average Bonchev–Trinajstić information content (AvgIpc) is 2.83. The van der Waals surface area contributed by atoms with Gasteiger partial charge in [-0.05, 0) is 41.0 Å². The first kappa shape index (κ1) is 20.9. The Kier molecular flexibility index (Phi) is 6.53. The van der Waals surface area contributed by atoms with E-state index < -0.39 is 12.0 Å². The maximum Gasteiger partial charge on any atom is 0.326 e. The lowest BCUT2D eigenvalue weighted by atomic mass is 10.0. The van der Waals surface area contributed by atoms with Crippen LogP contribution in [0.4, 0.5) is 11.4 Å². The maximum atomic E-state index is 11.9. The second-order valence-electron chi connectivity index (χ2n) is 7.99. The fraction of sp³-hybridized carbons (Fsp3) is 0.269. The zero-order chi connectivity index (χ0) is 21.6. The summed E-state index contributed by atoms with van der Waals surface area (Å²) in [4.78, 5) is 16.2. The van der Waals surface area contributed by atoms with Crippen LogP contribution in [0.25, 0.3) is 11.1 Å². The summed E-state index contributed by atoms with van der Waals surface area (Å²) in [5, 5.41) is 13.2. The van der Waals surface area contributed by atoms with Gasteiger partial charge in [-0.15, -0.1) is 0 Å². The van der Waals surface area contributed by atoms with Crippen molar-refractivity contribution in [2.24, 2.45) is 0 Å². The van der Waals surface area contributed by atoms with Gasteiger partial charge in [-0.3, -0.25) is 0 Å². The molecule has 3 aromatic rings. The quantitative estimate of drug-likeness (QED) is 0.613. The minimum Gasteiger partial charge on any atom is -0.480 e. The molecule has 5 heteroatoms. The molecule has 31 heavy (non-hydrogen) atoms. The molecule has 0 spiro atoms. The molecule has 3 aromatic carbocycles. The van der Waals surface area contributed by atoms with Crippen LogP contribution in [0.1, 0.15) is 5.56 Å². The summed E-state index contributed by atoms with van der Waals surface area (Å²) in [5.74, 6) is -0.820. The third kappa shape index (κ3) is 5.06. The second kappa shape index (κ2) is 9.67. The minimum atomic E-state index is -0.820. The monoisotopic (exact) mass is 415 g/mol. The Bertz CT molecular complexity index is 981. The number of likely N-dealkylation sites (N-methyl/N-ethyl adjacent to an activating group) is 1. The third-order valence-electron chi connectivity index (χ3n) is 5.98. The van der Waals surface area contributed by atoms with E-state index in [1.165, 1.54) is 5.69 Å². The Hall–Kier alpha value is -3.31. The molecule has 5 nitrogen and oxygen atoms in total. The van der Waals surface area contributed by atoms with Crippen molar-refractivity contribution in [3.63, 3.8) is 0 Å². The molecule has 0 bridgehead atoms. The van der Waals surface area contributed by atoms with Gasteiger partial charge in [0.1, 0.15) is 6.04 Å². The molecule has 0 saturated carbocycles. The van der Waals surface area contributed by atoms with Crippen LogP contribution >= 0.6 is 0 Å². The van der Waals surface area contributed by atoms with Crippen molar-refractivity contribution in [1.29, 1.82) is 0 Å². The zero-order valence-electron chi connectivity index (χ0n) is 17.9. The van der Waals surface area contributed by atoms with Gasteiger partial charge in [0, 0.05) is 51.0 Å². The van der Waals surface area contributed by atoms with E-state index in [1.807, 2.05) is 54.4 Å². The van der Waals surface area contributed by atoms with Crippen LogP contribution in [0.5, 0.6) is 0 Å². The van der Waals surface area contributed by atoms with Gasteiger partial charge in [0.25, 0.3) is 0 Å². The molecule has 1 heterocycles. The summed E-state index contributed by atoms with van der Waals surface area (Å²) in [7, 11) is 1.85. The van der Waals surface area contributed by atoms with Crippen molar-refractivity contribution in [2.75, 3.05) is 43.0 Å². The van der Waals surface area contributed by atoms with Crippen LogP contribution < -0.4 is 15.1 Å². The summed E-state index contributed by atoms with van der Waals surface area (Å²) in [5.41, 5.74) is 5.45. The number of carboxylic acids is 1. The molecular formula is C26H29N3O2. The highest BCUT2D eigenvalue weighted by Gasteiger charge is 2.23. The molecule has 0 aliphatic carbocycles. The first-order valence-corrected chi connectivity index (χ1v) is 10.8. The third-order valence-corrected chi connectivity index (χ3v) is 5.98. The van der Waals surface area contributed by atoms with Crippen LogP contribution in [0, 0.1) is 0 Å². The predicted molar refractivity (Wildman–Crippen MR) is 127 cm³/mol. The average molecular weight is 416 g/mol. The van der Waals surface area contributed by atoms with Gasteiger partial charge in [0.2, 0.25) is 0 Å². The Balaban J connectivity index is 1.47. The molecule has 1 fully saturated rings. The molecule has 0 aromatic heterocycles. The zero-order valence-corrected chi connectivity index (χ0v) is 17.9. The standard InChI is InChI=1S/C26H29N3O2/c1-28(25(26(30)31)19-20-5-3-2-4-6-20)23-11-7-21(8-12-23)22-9-13-24(14-10-22)29-17-15-27-16-18-29/h2-14,25,27H,15-19H2,1H3,(H,30,31)/t25-/m0/s1. The van der Waals surface area contributed by atoms with Crippen molar-refractivity contribution in [3.8, 4) is 11.1 Å². The molecule has 160 valence electrons. The van der Waals surface area contributed by atoms with Crippen LogP contribution in [0.2, 0.25) is 0 Å². The van der Waals surface area contributed by atoms with Crippen LogP contribution in [-0.2, 0) is 11.2 Å². The van der Waals surface area contributed by atoms with Gasteiger partial charge < -0.3 is 20.2 Å². The molecule has 1 aliphatic heterocycles. The highest BCUT2D eigenvalue weighted by molar-refractivity contribution is 5.79. The number of rotatable bonds is 7. The molecule has 4 rings (SSSR count). The van der Waals surface area contributed by atoms with E-state index in [4.69, 9.17) is 0 Å². The van der Waals surface area contributed by atoms with E-state index in [0.717, 1.165) is 48.6 Å². The van der Waals surface area contributed by atoms with Gasteiger partial charge in [-0.25, -0.2) is 4.79 Å². The van der Waals surface area contributed by atoms with Crippen molar-refractivity contribution >= 4 is 17.3 Å². The fourth-order valence-corrected chi connectivity index (χ4v) is 4.08. The largest absolute Gasteiger partial charge is 0.480 e. The Morgan fingerprint density at radius 2 is 1.52 bits per heavy atom. The van der Waals surface area contributed by atoms with Gasteiger partial charge >= 0.3 is 5.97 Å². The number of nitrogens with zero attached hydrogens (tertiary/aromatic N) is 2. The smallest absolute Gasteiger partial charge is 0.326 e. The minimum absolute atomic E-state index is 0.460. The number of hydrogen-bond donors (Lipinski definition) is 2. The predicted octanol–water partition coefficient (Wildman–Crippen LogP) is 3.90. The molecule has 0 amide bonds. The SMILES string of the molecule is CN(c1ccc(-c2ccc(N3CCNCC3)cc2)cc1)[C@@H](Cc1ccccc1)C(=O)O. The fourth-order valence-electron chi connectivity index (χ4n) is 4.08. The van der Waals surface area contributed by atoms with Crippen molar-refractivity contribution in [3.05, 3.63) is 84.4 Å². The van der Waals surface area contributed by atoms with E-state index in [2.05, 4.69) is 46.6 Å². The summed E-state index contributed by atoms with van der Waals surface area (Å²) in [6.45, 7) is 4.12. The molecule has 1 atom stereocenters. The number of anilines is 2. The van der Waals surface area contributed by atoms with Crippen LogP contribution in [0.15, 0.2) is 78.9 Å². The summed E-state index contributed by atoms with van der Waals surface area (Å²) < 4.78 is 0. The molecule has 2 N–H and O–H groups in total. The molecule has 0 radical (unpaired) electrons. The first-order chi connectivity index (χ1) is 15.1. The molecular weight excluding hydrogens is 386 g/mol. The number of aliphatic carboxylic acids is 1. The maximum absolute atomic E-state index is 11.9. The van der Waals surface area contributed by atoms with Crippen molar-refractivity contribution in [1.82, 2.24) is 5.32 Å². The highest BCUT2D eigenvalue weighted by atomic mass is 16.4.